The molecule has 0 radical (unpaired) electrons. The maximum absolute atomic E-state index is 4.34. The quantitative estimate of drug-likeness (QED) is 0.539. The molecular formula is C10H6N2S. The second-order valence-electron chi connectivity index (χ2n) is 2.86. The molecule has 3 heterocycles. The van der Waals surface area contributed by atoms with Crippen LogP contribution < -0.4 is 0 Å². The lowest BCUT2D eigenvalue weighted by Gasteiger charge is -1.96. The van der Waals surface area contributed by atoms with Crippen LogP contribution in [0.2, 0.25) is 0 Å². The summed E-state index contributed by atoms with van der Waals surface area (Å²) in [6.45, 7) is 0. The molecule has 0 spiro atoms. The van der Waals surface area contributed by atoms with Crippen molar-refractivity contribution in [3.05, 3.63) is 36.1 Å². The molecule has 3 aromatic rings. The highest BCUT2D eigenvalue weighted by Crippen LogP contribution is 2.26. The largest absolute Gasteiger partial charge is 0.264 e. The third-order valence-corrected chi connectivity index (χ3v) is 3.02. The molecule has 0 aromatic carbocycles. The van der Waals surface area contributed by atoms with E-state index in [1.807, 2.05) is 30.7 Å². The molecule has 0 amide bonds. The Bertz CT molecular complexity index is 571. The van der Waals surface area contributed by atoms with Crippen molar-refractivity contribution >= 4 is 32.3 Å². The van der Waals surface area contributed by atoms with Crippen molar-refractivity contribution in [1.82, 2.24) is 9.97 Å². The van der Waals surface area contributed by atoms with Crippen LogP contribution in [0.1, 0.15) is 0 Å². The topological polar surface area (TPSA) is 25.8 Å². The first-order chi connectivity index (χ1) is 6.45. The van der Waals surface area contributed by atoms with Crippen molar-refractivity contribution < 1.29 is 0 Å². The number of thiophene rings is 1. The van der Waals surface area contributed by atoms with Crippen LogP contribution in [0.5, 0.6) is 0 Å². The summed E-state index contributed by atoms with van der Waals surface area (Å²) in [5, 5.41) is 4.42. The Hall–Kier alpha value is -1.48. The van der Waals surface area contributed by atoms with Gasteiger partial charge in [-0.25, -0.2) is 0 Å². The highest BCUT2D eigenvalue weighted by Gasteiger charge is 2.01. The van der Waals surface area contributed by atoms with E-state index in [1.165, 1.54) is 10.1 Å². The van der Waals surface area contributed by atoms with Crippen LogP contribution in [0, 0.1) is 0 Å². The monoisotopic (exact) mass is 186 g/mol. The first kappa shape index (κ1) is 6.97. The van der Waals surface area contributed by atoms with Crippen LogP contribution in [-0.4, -0.2) is 9.97 Å². The lowest BCUT2D eigenvalue weighted by atomic mass is 10.2. The number of aromatic nitrogens is 2. The molecule has 0 aliphatic rings. The molecular weight excluding hydrogens is 180 g/mol. The SMILES string of the molecule is c1cc2c(cn1)cnc1ccsc12. The summed E-state index contributed by atoms with van der Waals surface area (Å²) in [4.78, 5) is 8.41. The molecule has 0 aliphatic carbocycles. The van der Waals surface area contributed by atoms with E-state index in [0.717, 1.165) is 10.9 Å². The Morgan fingerprint density at radius 1 is 1.15 bits per heavy atom. The van der Waals surface area contributed by atoms with Gasteiger partial charge in [0.05, 0.1) is 10.2 Å². The van der Waals surface area contributed by atoms with E-state index in [4.69, 9.17) is 0 Å². The van der Waals surface area contributed by atoms with Crippen molar-refractivity contribution in [2.45, 2.75) is 0 Å². The lowest BCUT2D eigenvalue weighted by molar-refractivity contribution is 1.35. The summed E-state index contributed by atoms with van der Waals surface area (Å²) >= 11 is 1.73. The molecule has 2 nitrogen and oxygen atoms in total. The van der Waals surface area contributed by atoms with Gasteiger partial charge in [0, 0.05) is 29.4 Å². The molecule has 0 unspecified atom stereocenters. The van der Waals surface area contributed by atoms with Gasteiger partial charge in [0.2, 0.25) is 0 Å². The number of rotatable bonds is 0. The van der Waals surface area contributed by atoms with E-state index in [1.54, 1.807) is 11.3 Å². The summed E-state index contributed by atoms with van der Waals surface area (Å²) in [7, 11) is 0. The average molecular weight is 186 g/mol. The van der Waals surface area contributed by atoms with Crippen LogP contribution >= 0.6 is 11.3 Å². The summed E-state index contributed by atoms with van der Waals surface area (Å²) in [5.74, 6) is 0. The van der Waals surface area contributed by atoms with Gasteiger partial charge in [0.1, 0.15) is 0 Å². The van der Waals surface area contributed by atoms with Gasteiger partial charge in [-0.05, 0) is 17.5 Å². The summed E-state index contributed by atoms with van der Waals surface area (Å²) in [6.07, 6.45) is 5.54. The number of fused-ring (bicyclic) bond motifs is 3. The second-order valence-corrected chi connectivity index (χ2v) is 3.77. The molecule has 0 aliphatic heterocycles. The van der Waals surface area contributed by atoms with Gasteiger partial charge in [-0.3, -0.25) is 9.97 Å². The maximum atomic E-state index is 4.34. The van der Waals surface area contributed by atoms with Crippen molar-refractivity contribution in [2.75, 3.05) is 0 Å². The van der Waals surface area contributed by atoms with E-state index in [9.17, 15) is 0 Å². The molecule has 0 saturated heterocycles. The normalized spacial score (nSPS) is 11.1. The maximum Gasteiger partial charge on any atom is 0.0816 e. The molecule has 0 N–H and O–H groups in total. The van der Waals surface area contributed by atoms with E-state index >= 15 is 0 Å². The zero-order chi connectivity index (χ0) is 8.67. The number of hydrogen-bond donors (Lipinski definition) is 0. The van der Waals surface area contributed by atoms with E-state index in [2.05, 4.69) is 15.3 Å². The third-order valence-electron chi connectivity index (χ3n) is 2.08. The highest BCUT2D eigenvalue weighted by molar-refractivity contribution is 7.18. The molecule has 62 valence electrons. The van der Waals surface area contributed by atoms with Crippen molar-refractivity contribution in [2.24, 2.45) is 0 Å². The van der Waals surface area contributed by atoms with Crippen molar-refractivity contribution in [3.63, 3.8) is 0 Å². The van der Waals surface area contributed by atoms with Crippen LogP contribution in [0.3, 0.4) is 0 Å². The average Bonchev–Trinajstić information content (AvgIpc) is 2.65. The highest BCUT2D eigenvalue weighted by atomic mass is 32.1. The Balaban J connectivity index is 2.65. The number of hydrogen-bond acceptors (Lipinski definition) is 3. The molecule has 3 rings (SSSR count). The van der Waals surface area contributed by atoms with Crippen LogP contribution in [0.25, 0.3) is 21.0 Å². The first-order valence-corrected chi connectivity index (χ1v) is 4.89. The molecule has 13 heavy (non-hydrogen) atoms. The van der Waals surface area contributed by atoms with Gasteiger partial charge in [-0.15, -0.1) is 11.3 Å². The Morgan fingerprint density at radius 2 is 2.15 bits per heavy atom. The minimum atomic E-state index is 1.07. The van der Waals surface area contributed by atoms with E-state index in [0.29, 0.717) is 0 Å². The van der Waals surface area contributed by atoms with Crippen LogP contribution in [0.4, 0.5) is 0 Å². The Morgan fingerprint density at radius 3 is 3.15 bits per heavy atom. The van der Waals surface area contributed by atoms with Crippen molar-refractivity contribution in [1.29, 1.82) is 0 Å². The lowest BCUT2D eigenvalue weighted by Crippen LogP contribution is -1.77. The second kappa shape index (κ2) is 2.50. The first-order valence-electron chi connectivity index (χ1n) is 4.01. The van der Waals surface area contributed by atoms with Gasteiger partial charge in [0.25, 0.3) is 0 Å². The minimum absolute atomic E-state index is 1.07. The van der Waals surface area contributed by atoms with E-state index in [-0.39, 0.29) is 0 Å². The molecule has 0 fully saturated rings. The fourth-order valence-corrected chi connectivity index (χ4v) is 2.35. The van der Waals surface area contributed by atoms with Crippen LogP contribution in [0.15, 0.2) is 36.1 Å². The molecule has 0 bridgehead atoms. The third kappa shape index (κ3) is 0.939. The number of nitrogens with zero attached hydrogens (tertiary/aromatic N) is 2. The Labute approximate surface area is 78.9 Å². The summed E-state index contributed by atoms with van der Waals surface area (Å²) in [5.41, 5.74) is 1.07. The molecule has 3 heteroatoms. The fraction of sp³-hybridized carbons (Fsp3) is 0. The standard InChI is InChI=1S/C10H6N2S/c1-3-11-5-7-6-12-9-2-4-13-10(9)8(1)7/h1-6H. The van der Waals surface area contributed by atoms with Crippen LogP contribution in [-0.2, 0) is 0 Å². The molecule has 3 aromatic heterocycles. The molecule has 0 saturated carbocycles. The minimum Gasteiger partial charge on any atom is -0.264 e. The van der Waals surface area contributed by atoms with E-state index < -0.39 is 0 Å². The van der Waals surface area contributed by atoms with Gasteiger partial charge < -0.3 is 0 Å². The van der Waals surface area contributed by atoms with Gasteiger partial charge >= 0.3 is 0 Å². The smallest absolute Gasteiger partial charge is 0.0816 e. The fourth-order valence-electron chi connectivity index (χ4n) is 1.46. The molecule has 0 atom stereocenters. The predicted octanol–water partition coefficient (Wildman–Crippen LogP) is 2.84. The van der Waals surface area contributed by atoms with Gasteiger partial charge in [0.15, 0.2) is 0 Å². The summed E-state index contributed by atoms with van der Waals surface area (Å²) < 4.78 is 1.25. The number of pyridine rings is 2. The van der Waals surface area contributed by atoms with Gasteiger partial charge in [-0.2, -0.15) is 0 Å². The zero-order valence-corrected chi connectivity index (χ0v) is 7.58. The predicted molar refractivity (Wildman–Crippen MR) is 54.9 cm³/mol. The van der Waals surface area contributed by atoms with Crippen molar-refractivity contribution in [3.8, 4) is 0 Å². The zero-order valence-electron chi connectivity index (χ0n) is 6.77. The Kier molecular flexibility index (Phi) is 1.34. The van der Waals surface area contributed by atoms with Gasteiger partial charge in [-0.1, -0.05) is 0 Å². The summed E-state index contributed by atoms with van der Waals surface area (Å²) in [6, 6.07) is 4.08.